The second kappa shape index (κ2) is 8.50. The molecule has 0 spiro atoms. The van der Waals surface area contributed by atoms with Gasteiger partial charge in [-0.15, -0.1) is 0 Å². The Kier molecular flexibility index (Phi) is 6.11. The van der Waals surface area contributed by atoms with Crippen molar-refractivity contribution in [3.05, 3.63) is 70.7 Å². The molecule has 1 fully saturated rings. The predicted molar refractivity (Wildman–Crippen MR) is 102 cm³/mol. The third kappa shape index (κ3) is 4.62. The van der Waals surface area contributed by atoms with Gasteiger partial charge in [0.15, 0.2) is 0 Å². The molecule has 0 aromatic heterocycles. The van der Waals surface area contributed by atoms with Gasteiger partial charge in [0, 0.05) is 30.7 Å². The lowest BCUT2D eigenvalue weighted by molar-refractivity contribution is -0.127. The number of rotatable bonds is 5. The van der Waals surface area contributed by atoms with Gasteiger partial charge in [0.25, 0.3) is 0 Å². The molecule has 2 aromatic rings. The zero-order chi connectivity index (χ0) is 17.6. The number of carbonyl (C=O) groups is 1. The molecule has 1 aliphatic rings. The van der Waals surface area contributed by atoms with Crippen LogP contribution in [0.3, 0.4) is 0 Å². The largest absolute Gasteiger partial charge is 0.356 e. The summed E-state index contributed by atoms with van der Waals surface area (Å²) in [5.41, 5.74) is 2.50. The highest BCUT2D eigenvalue weighted by molar-refractivity contribution is 6.30. The number of likely N-dealkylation sites (tertiary alicyclic amines) is 1. The van der Waals surface area contributed by atoms with Crippen LogP contribution < -0.4 is 5.32 Å². The van der Waals surface area contributed by atoms with Gasteiger partial charge in [-0.05, 0) is 43.0 Å². The van der Waals surface area contributed by atoms with Crippen molar-refractivity contribution in [1.82, 2.24) is 10.2 Å². The van der Waals surface area contributed by atoms with Crippen molar-refractivity contribution in [2.75, 3.05) is 13.1 Å². The number of nitrogens with one attached hydrogen (secondary N) is 1. The summed E-state index contributed by atoms with van der Waals surface area (Å²) in [4.78, 5) is 14.8. The lowest BCUT2D eigenvalue weighted by atomic mass is 9.88. The number of carbonyl (C=O) groups excluding carboxylic acids is 1. The van der Waals surface area contributed by atoms with E-state index >= 15 is 0 Å². The fourth-order valence-corrected chi connectivity index (χ4v) is 3.89. The van der Waals surface area contributed by atoms with Crippen LogP contribution in [-0.4, -0.2) is 23.9 Å². The number of hydrogen-bond donors (Lipinski definition) is 1. The molecule has 0 bridgehead atoms. The SMILES string of the molecule is CCNC(=O)[C@@H]1CC[C@H](c2ccccc2)N(Cc2cccc(Cl)c2)C1. The van der Waals surface area contributed by atoms with Gasteiger partial charge in [-0.1, -0.05) is 54.1 Å². The van der Waals surface area contributed by atoms with Crippen molar-refractivity contribution in [3.63, 3.8) is 0 Å². The van der Waals surface area contributed by atoms with Gasteiger partial charge in [0.05, 0.1) is 5.92 Å². The Labute approximate surface area is 155 Å². The zero-order valence-electron chi connectivity index (χ0n) is 14.6. The molecule has 3 nitrogen and oxygen atoms in total. The van der Waals surface area contributed by atoms with E-state index in [1.54, 1.807) is 0 Å². The molecule has 25 heavy (non-hydrogen) atoms. The Morgan fingerprint density at radius 1 is 1.16 bits per heavy atom. The summed E-state index contributed by atoms with van der Waals surface area (Å²) in [5, 5.41) is 3.73. The maximum Gasteiger partial charge on any atom is 0.224 e. The number of piperidine rings is 1. The van der Waals surface area contributed by atoms with E-state index in [9.17, 15) is 4.79 Å². The predicted octanol–water partition coefficient (Wildman–Crippen LogP) is 4.43. The second-order valence-corrected chi connectivity index (χ2v) is 7.09. The minimum Gasteiger partial charge on any atom is -0.356 e. The molecule has 1 saturated heterocycles. The van der Waals surface area contributed by atoms with Crippen molar-refractivity contribution < 1.29 is 4.79 Å². The molecular formula is C21H25ClN2O. The first kappa shape index (κ1) is 18.0. The van der Waals surface area contributed by atoms with Crippen LogP contribution in [0.1, 0.15) is 36.9 Å². The third-order valence-electron chi connectivity index (χ3n) is 4.87. The van der Waals surface area contributed by atoms with Crippen LogP contribution in [0.15, 0.2) is 54.6 Å². The average Bonchev–Trinajstić information content (AvgIpc) is 2.63. The molecular weight excluding hydrogens is 332 g/mol. The van der Waals surface area contributed by atoms with Crippen LogP contribution in [0.25, 0.3) is 0 Å². The van der Waals surface area contributed by atoms with Gasteiger partial charge < -0.3 is 5.32 Å². The van der Waals surface area contributed by atoms with E-state index in [0.717, 1.165) is 31.0 Å². The molecule has 1 heterocycles. The Balaban J connectivity index is 1.81. The van der Waals surface area contributed by atoms with E-state index in [4.69, 9.17) is 11.6 Å². The highest BCUT2D eigenvalue weighted by Gasteiger charge is 2.32. The van der Waals surface area contributed by atoms with Crippen molar-refractivity contribution in [1.29, 1.82) is 0 Å². The van der Waals surface area contributed by atoms with Crippen molar-refractivity contribution in [2.24, 2.45) is 5.92 Å². The minimum absolute atomic E-state index is 0.0547. The molecule has 1 amide bonds. The smallest absolute Gasteiger partial charge is 0.224 e. The van der Waals surface area contributed by atoms with Crippen LogP contribution in [0.5, 0.6) is 0 Å². The van der Waals surface area contributed by atoms with E-state index in [1.807, 2.05) is 31.2 Å². The van der Waals surface area contributed by atoms with Crippen molar-refractivity contribution in [3.8, 4) is 0 Å². The first-order valence-electron chi connectivity index (χ1n) is 8.98. The number of nitrogens with zero attached hydrogens (tertiary/aromatic N) is 1. The molecule has 132 valence electrons. The van der Waals surface area contributed by atoms with Crippen LogP contribution in [0.2, 0.25) is 5.02 Å². The highest BCUT2D eigenvalue weighted by atomic mass is 35.5. The molecule has 4 heteroatoms. The minimum atomic E-state index is 0.0547. The Bertz CT molecular complexity index is 704. The monoisotopic (exact) mass is 356 g/mol. The Morgan fingerprint density at radius 2 is 1.96 bits per heavy atom. The normalized spacial score (nSPS) is 21.0. The van der Waals surface area contributed by atoms with Gasteiger partial charge in [-0.3, -0.25) is 9.69 Å². The van der Waals surface area contributed by atoms with E-state index in [0.29, 0.717) is 12.6 Å². The second-order valence-electron chi connectivity index (χ2n) is 6.65. The molecule has 0 saturated carbocycles. The molecule has 2 aromatic carbocycles. The zero-order valence-corrected chi connectivity index (χ0v) is 15.4. The van der Waals surface area contributed by atoms with Gasteiger partial charge >= 0.3 is 0 Å². The van der Waals surface area contributed by atoms with Crippen molar-refractivity contribution in [2.45, 2.75) is 32.4 Å². The topological polar surface area (TPSA) is 32.3 Å². The summed E-state index contributed by atoms with van der Waals surface area (Å²) in [6.45, 7) is 4.23. The summed E-state index contributed by atoms with van der Waals surface area (Å²) < 4.78 is 0. The van der Waals surface area contributed by atoms with Gasteiger partial charge in [0.1, 0.15) is 0 Å². The summed E-state index contributed by atoms with van der Waals surface area (Å²) in [6, 6.07) is 18.9. The standard InChI is InChI=1S/C21H25ClN2O/c1-2-23-21(25)18-11-12-20(17-8-4-3-5-9-17)24(15-18)14-16-7-6-10-19(22)13-16/h3-10,13,18,20H,2,11-12,14-15H2,1H3,(H,23,25)/t18-,20-/m1/s1. The quantitative estimate of drug-likeness (QED) is 0.859. The summed E-state index contributed by atoms with van der Waals surface area (Å²) >= 11 is 6.15. The first-order chi connectivity index (χ1) is 12.2. The number of benzene rings is 2. The molecule has 1 aliphatic heterocycles. The van der Waals surface area contributed by atoms with E-state index < -0.39 is 0 Å². The van der Waals surface area contributed by atoms with Gasteiger partial charge in [-0.25, -0.2) is 0 Å². The summed E-state index contributed by atoms with van der Waals surface area (Å²) in [7, 11) is 0. The Morgan fingerprint density at radius 3 is 2.68 bits per heavy atom. The van der Waals surface area contributed by atoms with Crippen LogP contribution in [-0.2, 0) is 11.3 Å². The summed E-state index contributed by atoms with van der Waals surface area (Å²) in [5.74, 6) is 0.226. The third-order valence-corrected chi connectivity index (χ3v) is 5.10. The first-order valence-corrected chi connectivity index (χ1v) is 9.36. The number of halogens is 1. The molecule has 0 unspecified atom stereocenters. The number of hydrogen-bond acceptors (Lipinski definition) is 2. The molecule has 1 N–H and O–H groups in total. The highest BCUT2D eigenvalue weighted by Crippen LogP contribution is 2.34. The van der Waals surface area contributed by atoms with E-state index in [2.05, 4.69) is 40.5 Å². The summed E-state index contributed by atoms with van der Waals surface area (Å²) in [6.07, 6.45) is 1.92. The van der Waals surface area contributed by atoms with E-state index in [1.165, 1.54) is 11.1 Å². The molecule has 3 rings (SSSR count). The molecule has 0 radical (unpaired) electrons. The number of amides is 1. The molecule has 0 aliphatic carbocycles. The lowest BCUT2D eigenvalue weighted by Gasteiger charge is -2.39. The average molecular weight is 357 g/mol. The van der Waals surface area contributed by atoms with Gasteiger partial charge in [-0.2, -0.15) is 0 Å². The maximum absolute atomic E-state index is 12.3. The van der Waals surface area contributed by atoms with Crippen LogP contribution in [0, 0.1) is 5.92 Å². The van der Waals surface area contributed by atoms with Crippen LogP contribution >= 0.6 is 11.6 Å². The fraction of sp³-hybridized carbons (Fsp3) is 0.381. The van der Waals surface area contributed by atoms with Crippen molar-refractivity contribution >= 4 is 17.5 Å². The fourth-order valence-electron chi connectivity index (χ4n) is 3.67. The Hall–Kier alpha value is -1.84. The van der Waals surface area contributed by atoms with E-state index in [-0.39, 0.29) is 11.8 Å². The molecule has 2 atom stereocenters. The lowest BCUT2D eigenvalue weighted by Crippen LogP contribution is -2.44. The van der Waals surface area contributed by atoms with Crippen LogP contribution in [0.4, 0.5) is 0 Å². The van der Waals surface area contributed by atoms with Gasteiger partial charge in [0.2, 0.25) is 5.91 Å². The maximum atomic E-state index is 12.3.